The summed E-state index contributed by atoms with van der Waals surface area (Å²) in [5.41, 5.74) is 1.66. The summed E-state index contributed by atoms with van der Waals surface area (Å²) in [6.45, 7) is 0. The Labute approximate surface area is 189 Å². The summed E-state index contributed by atoms with van der Waals surface area (Å²) in [5.74, 6) is -1.13. The van der Waals surface area contributed by atoms with Crippen molar-refractivity contribution in [3.05, 3.63) is 89.3 Å². The highest BCUT2D eigenvalue weighted by Crippen LogP contribution is 2.42. The number of Topliss-reactive ketones (excluding diaryl/α,β-unsaturated/α-hetero) is 1. The predicted octanol–water partition coefficient (Wildman–Crippen LogP) is 3.60. The average Bonchev–Trinajstić information content (AvgIpc) is 3.14. The van der Waals surface area contributed by atoms with Gasteiger partial charge in [0.2, 0.25) is 0 Å². The number of aliphatic hydroxyl groups is 1. The Bertz CT molecular complexity index is 1290. The average molecular weight is 441 g/mol. The van der Waals surface area contributed by atoms with Crippen molar-refractivity contribution < 1.29 is 24.2 Å². The van der Waals surface area contributed by atoms with Crippen LogP contribution < -0.4 is 14.4 Å². The van der Waals surface area contributed by atoms with Gasteiger partial charge < -0.3 is 14.6 Å². The van der Waals surface area contributed by atoms with Gasteiger partial charge in [-0.2, -0.15) is 5.26 Å². The third-order valence-corrected chi connectivity index (χ3v) is 5.40. The van der Waals surface area contributed by atoms with E-state index in [-0.39, 0.29) is 11.3 Å². The third-order valence-electron chi connectivity index (χ3n) is 5.40. The monoisotopic (exact) mass is 441 g/mol. The van der Waals surface area contributed by atoms with Crippen LogP contribution in [0.3, 0.4) is 0 Å². The summed E-state index contributed by atoms with van der Waals surface area (Å²) in [6, 6.07) is 15.5. The largest absolute Gasteiger partial charge is 0.507 e. The van der Waals surface area contributed by atoms with Crippen molar-refractivity contribution >= 4 is 23.1 Å². The molecule has 8 nitrogen and oxygen atoms in total. The lowest BCUT2D eigenvalue weighted by molar-refractivity contribution is -0.132. The lowest BCUT2D eigenvalue weighted by Crippen LogP contribution is -2.29. The smallest absolute Gasteiger partial charge is 0.300 e. The van der Waals surface area contributed by atoms with Crippen LogP contribution in [-0.2, 0) is 9.59 Å². The van der Waals surface area contributed by atoms with Crippen LogP contribution in [0.2, 0.25) is 0 Å². The van der Waals surface area contributed by atoms with E-state index in [9.17, 15) is 14.7 Å². The summed E-state index contributed by atoms with van der Waals surface area (Å²) < 4.78 is 10.5. The number of hydrogen-bond donors (Lipinski definition) is 1. The predicted molar refractivity (Wildman–Crippen MR) is 120 cm³/mol. The van der Waals surface area contributed by atoms with Crippen LogP contribution in [-0.4, -0.2) is 36.0 Å². The van der Waals surface area contributed by atoms with Gasteiger partial charge in [0, 0.05) is 23.6 Å². The van der Waals surface area contributed by atoms with E-state index in [1.54, 1.807) is 60.9 Å². The standard InChI is InChI=1S/C25H19N3O5/c1-32-19-8-5-17(13-20(19)33-2)23(29)21-22(16-9-11-27-12-10-16)28(25(31)24(21)30)18-6-3-15(14-26)4-7-18/h3-13,22,29H,1-2H3/b23-21-. The fraction of sp³-hybridized carbons (Fsp3) is 0.120. The fourth-order valence-electron chi connectivity index (χ4n) is 3.80. The molecule has 1 aliphatic heterocycles. The van der Waals surface area contributed by atoms with Crippen molar-refractivity contribution in [2.75, 3.05) is 19.1 Å². The van der Waals surface area contributed by atoms with Crippen molar-refractivity contribution in [2.24, 2.45) is 0 Å². The molecule has 0 radical (unpaired) electrons. The lowest BCUT2D eigenvalue weighted by atomic mass is 9.95. The number of aliphatic hydroxyl groups excluding tert-OH is 1. The van der Waals surface area contributed by atoms with E-state index in [1.807, 2.05) is 6.07 Å². The number of hydrogen-bond acceptors (Lipinski definition) is 7. The molecule has 2 heterocycles. The van der Waals surface area contributed by atoms with Crippen molar-refractivity contribution in [1.29, 1.82) is 5.26 Å². The maximum atomic E-state index is 13.2. The third kappa shape index (κ3) is 3.77. The first-order chi connectivity index (χ1) is 16.0. The second kappa shape index (κ2) is 8.85. The molecule has 0 spiro atoms. The molecule has 1 unspecified atom stereocenters. The van der Waals surface area contributed by atoms with E-state index in [4.69, 9.17) is 14.7 Å². The second-order valence-corrected chi connectivity index (χ2v) is 7.18. The van der Waals surface area contributed by atoms with Crippen LogP contribution in [0.25, 0.3) is 5.76 Å². The molecule has 1 fully saturated rings. The number of methoxy groups -OCH3 is 2. The van der Waals surface area contributed by atoms with E-state index < -0.39 is 17.7 Å². The Hall–Kier alpha value is -4.64. The molecule has 164 valence electrons. The number of nitrogens with zero attached hydrogens (tertiary/aromatic N) is 3. The molecular weight excluding hydrogens is 422 g/mol. The molecular formula is C25H19N3O5. The zero-order chi connectivity index (χ0) is 23.5. The summed E-state index contributed by atoms with van der Waals surface area (Å²) in [7, 11) is 2.95. The highest BCUT2D eigenvalue weighted by Gasteiger charge is 2.47. The molecule has 8 heteroatoms. The van der Waals surface area contributed by atoms with E-state index in [2.05, 4.69) is 4.98 Å². The number of amides is 1. The molecule has 33 heavy (non-hydrogen) atoms. The number of benzene rings is 2. The van der Waals surface area contributed by atoms with E-state index in [0.29, 0.717) is 33.9 Å². The van der Waals surface area contributed by atoms with Crippen LogP contribution in [0.15, 0.2) is 72.6 Å². The second-order valence-electron chi connectivity index (χ2n) is 7.18. The highest BCUT2D eigenvalue weighted by atomic mass is 16.5. The van der Waals surface area contributed by atoms with E-state index in [0.717, 1.165) is 0 Å². The molecule has 1 atom stereocenters. The summed E-state index contributed by atoms with van der Waals surface area (Å²) in [6.07, 6.45) is 3.09. The van der Waals surface area contributed by atoms with Gasteiger partial charge in [0.05, 0.1) is 37.5 Å². The zero-order valence-electron chi connectivity index (χ0n) is 17.9. The number of ketones is 1. The highest BCUT2D eigenvalue weighted by molar-refractivity contribution is 6.51. The quantitative estimate of drug-likeness (QED) is 0.366. The topological polar surface area (TPSA) is 113 Å². The molecule has 4 rings (SSSR count). The van der Waals surface area contributed by atoms with Gasteiger partial charge in [0.25, 0.3) is 11.7 Å². The molecule has 1 saturated heterocycles. The number of carbonyl (C=O) groups excluding carboxylic acids is 2. The number of nitriles is 1. The maximum Gasteiger partial charge on any atom is 0.300 e. The van der Waals surface area contributed by atoms with Gasteiger partial charge in [0.1, 0.15) is 5.76 Å². The Morgan fingerprint density at radius 2 is 1.67 bits per heavy atom. The number of ether oxygens (including phenoxy) is 2. The SMILES string of the molecule is COc1ccc(/C(O)=C2/C(=O)C(=O)N(c3ccc(C#N)cc3)C2c2ccncc2)cc1OC. The number of rotatable bonds is 5. The molecule has 0 aliphatic carbocycles. The van der Waals surface area contributed by atoms with Gasteiger partial charge in [-0.15, -0.1) is 0 Å². The molecule has 3 aromatic rings. The van der Waals surface area contributed by atoms with Crippen LogP contribution in [0.5, 0.6) is 11.5 Å². The lowest BCUT2D eigenvalue weighted by Gasteiger charge is -2.25. The summed E-state index contributed by atoms with van der Waals surface area (Å²) >= 11 is 0. The number of anilines is 1. The normalized spacial score (nSPS) is 17.0. The number of aromatic nitrogens is 1. The summed E-state index contributed by atoms with van der Waals surface area (Å²) in [4.78, 5) is 31.6. The van der Waals surface area contributed by atoms with Gasteiger partial charge in [-0.3, -0.25) is 19.5 Å². The van der Waals surface area contributed by atoms with Crippen LogP contribution in [0.4, 0.5) is 5.69 Å². The fourth-order valence-corrected chi connectivity index (χ4v) is 3.80. The maximum absolute atomic E-state index is 13.2. The van der Waals surface area contributed by atoms with Crippen molar-refractivity contribution in [1.82, 2.24) is 4.98 Å². The first kappa shape index (κ1) is 21.6. The van der Waals surface area contributed by atoms with E-state index in [1.165, 1.54) is 25.2 Å². The minimum Gasteiger partial charge on any atom is -0.507 e. The summed E-state index contributed by atoms with van der Waals surface area (Å²) in [5, 5.41) is 20.3. The molecule has 1 aromatic heterocycles. The van der Waals surface area contributed by atoms with Crippen LogP contribution in [0, 0.1) is 11.3 Å². The van der Waals surface area contributed by atoms with Crippen LogP contribution >= 0.6 is 0 Å². The van der Waals surface area contributed by atoms with Crippen molar-refractivity contribution in [2.45, 2.75) is 6.04 Å². The molecule has 2 aromatic carbocycles. The molecule has 0 bridgehead atoms. The van der Waals surface area contributed by atoms with Gasteiger partial charge >= 0.3 is 0 Å². The molecule has 1 amide bonds. The van der Waals surface area contributed by atoms with Gasteiger partial charge in [0.15, 0.2) is 11.5 Å². The van der Waals surface area contributed by atoms with Crippen LogP contribution in [0.1, 0.15) is 22.7 Å². The van der Waals surface area contributed by atoms with Crippen molar-refractivity contribution in [3.63, 3.8) is 0 Å². The zero-order valence-corrected chi connectivity index (χ0v) is 17.9. The Morgan fingerprint density at radius 1 is 1.00 bits per heavy atom. The minimum absolute atomic E-state index is 0.0669. The molecule has 1 aliphatic rings. The number of pyridine rings is 1. The minimum atomic E-state index is -0.894. The van der Waals surface area contributed by atoms with Gasteiger partial charge in [-0.25, -0.2) is 0 Å². The molecule has 1 N–H and O–H groups in total. The van der Waals surface area contributed by atoms with Gasteiger partial charge in [-0.05, 0) is 60.2 Å². The van der Waals surface area contributed by atoms with Gasteiger partial charge in [-0.1, -0.05) is 0 Å². The first-order valence-corrected chi connectivity index (χ1v) is 9.93. The number of carbonyl (C=O) groups is 2. The Morgan fingerprint density at radius 3 is 2.27 bits per heavy atom. The first-order valence-electron chi connectivity index (χ1n) is 9.93. The van der Waals surface area contributed by atoms with E-state index >= 15 is 0 Å². The Balaban J connectivity index is 1.92. The Kier molecular flexibility index (Phi) is 5.79. The molecule has 0 saturated carbocycles. The van der Waals surface area contributed by atoms with Crippen molar-refractivity contribution in [3.8, 4) is 17.6 Å².